The number of nitrogens with zero attached hydrogens (tertiary/aromatic N) is 2. The Bertz CT molecular complexity index is 444. The number of hydrogen-bond acceptors (Lipinski definition) is 4. The number of amidine groups is 1. The van der Waals surface area contributed by atoms with Crippen LogP contribution in [0.1, 0.15) is 45.2 Å². The highest BCUT2D eigenvalue weighted by Crippen LogP contribution is 2.36. The fourth-order valence-electron chi connectivity index (χ4n) is 2.34. The molecule has 1 saturated carbocycles. The van der Waals surface area contributed by atoms with Gasteiger partial charge in [0.25, 0.3) is 0 Å². The van der Waals surface area contributed by atoms with Gasteiger partial charge in [-0.2, -0.15) is 0 Å². The molecule has 0 unspecified atom stereocenters. The molecule has 1 fully saturated rings. The Hall–Kier alpha value is -1.78. The van der Waals surface area contributed by atoms with Crippen LogP contribution in [0.4, 0.5) is 0 Å². The Labute approximate surface area is 113 Å². The SMILES string of the molecule is CC1(C)CCC(Oc2ccc(/C(N)=N/O)nc2)CC1. The van der Waals surface area contributed by atoms with E-state index in [4.69, 9.17) is 15.7 Å². The van der Waals surface area contributed by atoms with Crippen molar-refractivity contribution in [2.24, 2.45) is 16.3 Å². The van der Waals surface area contributed by atoms with E-state index in [0.717, 1.165) is 18.6 Å². The zero-order valence-corrected chi connectivity index (χ0v) is 11.5. The summed E-state index contributed by atoms with van der Waals surface area (Å²) in [5.74, 6) is 0.741. The number of hydrogen-bond donors (Lipinski definition) is 2. The lowest BCUT2D eigenvalue weighted by molar-refractivity contribution is 0.0984. The summed E-state index contributed by atoms with van der Waals surface area (Å²) in [6.07, 6.45) is 6.42. The molecule has 5 nitrogen and oxygen atoms in total. The minimum Gasteiger partial charge on any atom is -0.489 e. The predicted molar refractivity (Wildman–Crippen MR) is 73.4 cm³/mol. The molecule has 1 aromatic rings. The van der Waals surface area contributed by atoms with Crippen LogP contribution in [0.5, 0.6) is 5.75 Å². The molecule has 0 aliphatic heterocycles. The Morgan fingerprint density at radius 1 is 1.42 bits per heavy atom. The van der Waals surface area contributed by atoms with Crippen LogP contribution in [-0.2, 0) is 0 Å². The van der Waals surface area contributed by atoms with Crippen molar-refractivity contribution in [1.29, 1.82) is 0 Å². The molecule has 1 aliphatic carbocycles. The van der Waals surface area contributed by atoms with Gasteiger partial charge in [0.05, 0.1) is 12.3 Å². The third-order valence-electron chi connectivity index (χ3n) is 3.70. The Kier molecular flexibility index (Phi) is 3.93. The van der Waals surface area contributed by atoms with Crippen molar-refractivity contribution in [3.63, 3.8) is 0 Å². The van der Waals surface area contributed by atoms with E-state index in [1.165, 1.54) is 12.8 Å². The average molecular weight is 263 g/mol. The van der Waals surface area contributed by atoms with Gasteiger partial charge in [-0.25, -0.2) is 4.98 Å². The van der Waals surface area contributed by atoms with Crippen molar-refractivity contribution in [3.05, 3.63) is 24.0 Å². The highest BCUT2D eigenvalue weighted by atomic mass is 16.5. The number of rotatable bonds is 3. The molecule has 0 atom stereocenters. The topological polar surface area (TPSA) is 80.7 Å². The van der Waals surface area contributed by atoms with Crippen LogP contribution in [0.2, 0.25) is 0 Å². The number of pyridine rings is 1. The summed E-state index contributed by atoms with van der Waals surface area (Å²) in [5.41, 5.74) is 6.34. The summed E-state index contributed by atoms with van der Waals surface area (Å²) in [6.45, 7) is 4.60. The fraction of sp³-hybridized carbons (Fsp3) is 0.571. The van der Waals surface area contributed by atoms with Crippen LogP contribution in [0, 0.1) is 5.41 Å². The molecular formula is C14H21N3O2. The molecule has 0 spiro atoms. The maximum absolute atomic E-state index is 8.56. The zero-order valence-electron chi connectivity index (χ0n) is 11.5. The highest BCUT2D eigenvalue weighted by molar-refractivity contribution is 5.95. The van der Waals surface area contributed by atoms with Gasteiger partial charge < -0.3 is 15.7 Å². The van der Waals surface area contributed by atoms with Crippen molar-refractivity contribution < 1.29 is 9.94 Å². The van der Waals surface area contributed by atoms with Gasteiger partial charge in [0.1, 0.15) is 11.4 Å². The van der Waals surface area contributed by atoms with E-state index >= 15 is 0 Å². The van der Waals surface area contributed by atoms with Crippen molar-refractivity contribution >= 4 is 5.84 Å². The maximum Gasteiger partial charge on any atom is 0.188 e. The molecule has 3 N–H and O–H groups in total. The molecule has 0 radical (unpaired) electrons. The quantitative estimate of drug-likeness (QED) is 0.380. The van der Waals surface area contributed by atoms with Crippen LogP contribution in [-0.4, -0.2) is 22.1 Å². The number of ether oxygens (including phenoxy) is 1. The largest absolute Gasteiger partial charge is 0.489 e. The molecule has 19 heavy (non-hydrogen) atoms. The Morgan fingerprint density at radius 3 is 2.63 bits per heavy atom. The fourth-order valence-corrected chi connectivity index (χ4v) is 2.34. The van der Waals surface area contributed by atoms with Gasteiger partial charge in [0, 0.05) is 0 Å². The first-order chi connectivity index (χ1) is 9.00. The van der Waals surface area contributed by atoms with Crippen molar-refractivity contribution in [1.82, 2.24) is 4.98 Å². The van der Waals surface area contributed by atoms with E-state index in [9.17, 15) is 0 Å². The molecule has 1 heterocycles. The molecular weight excluding hydrogens is 242 g/mol. The molecule has 104 valence electrons. The standard InChI is InChI=1S/C14H21N3O2/c1-14(2)7-5-10(6-8-14)19-11-3-4-12(16-9-11)13(15)17-18/h3-4,9-10,18H,5-8H2,1-2H3,(H2,15,17). The molecule has 1 aliphatic rings. The Morgan fingerprint density at radius 2 is 2.11 bits per heavy atom. The van der Waals surface area contributed by atoms with Gasteiger partial charge in [-0.05, 0) is 43.2 Å². The summed E-state index contributed by atoms with van der Waals surface area (Å²) in [7, 11) is 0. The smallest absolute Gasteiger partial charge is 0.188 e. The minimum atomic E-state index is 0.00552. The van der Waals surface area contributed by atoms with E-state index in [2.05, 4.69) is 24.0 Å². The van der Waals surface area contributed by atoms with Crippen molar-refractivity contribution in [2.75, 3.05) is 0 Å². The minimum absolute atomic E-state index is 0.00552. The molecule has 0 saturated heterocycles. The zero-order chi connectivity index (χ0) is 13.9. The van der Waals surface area contributed by atoms with Crippen LogP contribution < -0.4 is 10.5 Å². The van der Waals surface area contributed by atoms with E-state index in [1.54, 1.807) is 18.3 Å². The second-order valence-electron chi connectivity index (χ2n) is 5.85. The van der Waals surface area contributed by atoms with Crippen molar-refractivity contribution in [2.45, 2.75) is 45.6 Å². The van der Waals surface area contributed by atoms with Crippen LogP contribution in [0.25, 0.3) is 0 Å². The summed E-state index contributed by atoms with van der Waals surface area (Å²) in [5, 5.41) is 11.5. The van der Waals surface area contributed by atoms with Gasteiger partial charge in [-0.15, -0.1) is 0 Å². The molecule has 0 bridgehead atoms. The van der Waals surface area contributed by atoms with Crippen molar-refractivity contribution in [3.8, 4) is 5.75 Å². The summed E-state index contributed by atoms with van der Waals surface area (Å²) >= 11 is 0. The lowest BCUT2D eigenvalue weighted by Crippen LogP contribution is -2.28. The summed E-state index contributed by atoms with van der Waals surface area (Å²) in [4.78, 5) is 4.10. The third kappa shape index (κ3) is 3.59. The van der Waals surface area contributed by atoms with E-state index in [0.29, 0.717) is 11.1 Å². The first-order valence-electron chi connectivity index (χ1n) is 6.61. The predicted octanol–water partition coefficient (Wildman–Crippen LogP) is 2.52. The Balaban J connectivity index is 1.94. The molecule has 5 heteroatoms. The van der Waals surface area contributed by atoms with E-state index in [-0.39, 0.29) is 11.9 Å². The number of aromatic nitrogens is 1. The third-order valence-corrected chi connectivity index (χ3v) is 3.70. The van der Waals surface area contributed by atoms with Gasteiger partial charge >= 0.3 is 0 Å². The van der Waals surface area contributed by atoms with Gasteiger partial charge in [0.2, 0.25) is 0 Å². The van der Waals surface area contributed by atoms with Crippen LogP contribution in [0.15, 0.2) is 23.5 Å². The van der Waals surface area contributed by atoms with Gasteiger partial charge in [0.15, 0.2) is 5.84 Å². The average Bonchev–Trinajstić information content (AvgIpc) is 2.41. The van der Waals surface area contributed by atoms with Crippen LogP contribution >= 0.6 is 0 Å². The second kappa shape index (κ2) is 5.47. The number of nitrogens with two attached hydrogens (primary N) is 1. The van der Waals surface area contributed by atoms with E-state index < -0.39 is 0 Å². The normalized spacial score (nSPS) is 20.2. The van der Waals surface area contributed by atoms with Gasteiger partial charge in [-0.1, -0.05) is 19.0 Å². The lowest BCUT2D eigenvalue weighted by atomic mass is 9.76. The highest BCUT2D eigenvalue weighted by Gasteiger charge is 2.27. The second-order valence-corrected chi connectivity index (χ2v) is 5.85. The van der Waals surface area contributed by atoms with Gasteiger partial charge in [-0.3, -0.25) is 0 Å². The van der Waals surface area contributed by atoms with E-state index in [1.807, 2.05) is 0 Å². The lowest BCUT2D eigenvalue weighted by Gasteiger charge is -2.34. The molecule has 0 aromatic carbocycles. The summed E-state index contributed by atoms with van der Waals surface area (Å²) < 4.78 is 5.91. The monoisotopic (exact) mass is 263 g/mol. The first kappa shape index (κ1) is 13.6. The summed E-state index contributed by atoms with van der Waals surface area (Å²) in [6, 6.07) is 3.50. The number of oxime groups is 1. The maximum atomic E-state index is 8.56. The molecule has 0 amide bonds. The van der Waals surface area contributed by atoms with Crippen LogP contribution in [0.3, 0.4) is 0 Å². The first-order valence-corrected chi connectivity index (χ1v) is 6.61. The molecule has 2 rings (SSSR count). The molecule has 1 aromatic heterocycles.